The van der Waals surface area contributed by atoms with Crippen molar-refractivity contribution in [2.75, 3.05) is 0 Å². The monoisotopic (exact) mass is 242 g/mol. The molecule has 1 aromatic heterocycles. The Kier molecular flexibility index (Phi) is 3.60. The summed E-state index contributed by atoms with van der Waals surface area (Å²) in [4.78, 5) is 12.1. The van der Waals surface area contributed by atoms with Crippen LogP contribution in [0.25, 0.3) is 0 Å². The molecule has 0 aliphatic rings. The molecule has 0 radical (unpaired) electrons. The highest BCUT2D eigenvalue weighted by atomic mass is 16.1. The first-order chi connectivity index (χ1) is 8.58. The van der Waals surface area contributed by atoms with Gasteiger partial charge in [-0.25, -0.2) is 0 Å². The van der Waals surface area contributed by atoms with Gasteiger partial charge in [0.2, 0.25) is 0 Å². The van der Waals surface area contributed by atoms with Crippen molar-refractivity contribution in [2.45, 2.75) is 26.7 Å². The third-order valence-corrected chi connectivity index (χ3v) is 3.28. The fourth-order valence-electron chi connectivity index (χ4n) is 2.16. The highest BCUT2D eigenvalue weighted by Crippen LogP contribution is 2.14. The van der Waals surface area contributed by atoms with E-state index < -0.39 is 0 Å². The van der Waals surface area contributed by atoms with Gasteiger partial charge in [0.1, 0.15) is 5.78 Å². The van der Waals surface area contributed by atoms with Gasteiger partial charge < -0.3 is 0 Å². The van der Waals surface area contributed by atoms with Crippen LogP contribution < -0.4 is 0 Å². The first kappa shape index (κ1) is 12.6. The molecule has 0 atom stereocenters. The lowest BCUT2D eigenvalue weighted by Gasteiger charge is -2.02. The predicted molar refractivity (Wildman–Crippen MR) is 71.5 cm³/mol. The Morgan fingerprint density at radius 2 is 1.83 bits per heavy atom. The van der Waals surface area contributed by atoms with Gasteiger partial charge in [-0.2, -0.15) is 5.10 Å². The Balaban J connectivity index is 2.08. The molecule has 0 saturated heterocycles. The molecule has 0 aliphatic carbocycles. The molecule has 18 heavy (non-hydrogen) atoms. The summed E-state index contributed by atoms with van der Waals surface area (Å²) in [5.74, 6) is 0.236. The Morgan fingerprint density at radius 1 is 1.17 bits per heavy atom. The zero-order chi connectivity index (χ0) is 13.1. The average molecular weight is 242 g/mol. The number of rotatable bonds is 4. The normalized spacial score (nSPS) is 10.6. The van der Waals surface area contributed by atoms with Gasteiger partial charge in [-0.1, -0.05) is 30.3 Å². The molecule has 1 aromatic carbocycles. The topological polar surface area (TPSA) is 34.9 Å². The Bertz CT molecular complexity index is 555. The van der Waals surface area contributed by atoms with Crippen LogP contribution in [-0.2, 0) is 24.7 Å². The standard InChI is InChI=1S/C15H18N2O/c1-11-15(12(2)17(3)16-11)10-14(18)9-13-7-5-4-6-8-13/h4-8H,9-10H2,1-3H3. The Hall–Kier alpha value is -1.90. The van der Waals surface area contributed by atoms with Crippen LogP contribution in [0.1, 0.15) is 22.5 Å². The third-order valence-electron chi connectivity index (χ3n) is 3.28. The second kappa shape index (κ2) is 5.17. The molecule has 3 heteroatoms. The van der Waals surface area contributed by atoms with Crippen molar-refractivity contribution < 1.29 is 4.79 Å². The van der Waals surface area contributed by atoms with Gasteiger partial charge in [-0.3, -0.25) is 9.48 Å². The molecule has 3 nitrogen and oxygen atoms in total. The number of hydrogen-bond acceptors (Lipinski definition) is 2. The maximum absolute atomic E-state index is 12.1. The van der Waals surface area contributed by atoms with E-state index in [-0.39, 0.29) is 5.78 Å². The van der Waals surface area contributed by atoms with E-state index in [2.05, 4.69) is 5.10 Å². The first-order valence-corrected chi connectivity index (χ1v) is 6.12. The number of aromatic nitrogens is 2. The molecule has 1 heterocycles. The molecule has 0 N–H and O–H groups in total. The molecule has 0 aliphatic heterocycles. The zero-order valence-corrected chi connectivity index (χ0v) is 11.1. The number of Topliss-reactive ketones (excluding diaryl/α,β-unsaturated/α-hetero) is 1. The highest BCUT2D eigenvalue weighted by molar-refractivity contribution is 5.83. The zero-order valence-electron chi connectivity index (χ0n) is 11.1. The summed E-state index contributed by atoms with van der Waals surface area (Å²) < 4.78 is 1.83. The lowest BCUT2D eigenvalue weighted by molar-refractivity contribution is -0.117. The summed E-state index contributed by atoms with van der Waals surface area (Å²) in [7, 11) is 1.91. The Labute approximate surface area is 107 Å². The molecule has 0 saturated carbocycles. The van der Waals surface area contributed by atoms with Crippen LogP contribution in [0.5, 0.6) is 0 Å². The molecular weight excluding hydrogens is 224 g/mol. The number of aryl methyl sites for hydroxylation is 2. The van der Waals surface area contributed by atoms with Crippen LogP contribution in [0.15, 0.2) is 30.3 Å². The van der Waals surface area contributed by atoms with Crippen molar-refractivity contribution in [3.05, 3.63) is 52.8 Å². The van der Waals surface area contributed by atoms with Crippen molar-refractivity contribution in [3.63, 3.8) is 0 Å². The van der Waals surface area contributed by atoms with Gasteiger partial charge in [0.05, 0.1) is 5.69 Å². The quantitative estimate of drug-likeness (QED) is 0.825. The van der Waals surface area contributed by atoms with Gasteiger partial charge in [-0.05, 0) is 19.4 Å². The maximum Gasteiger partial charge on any atom is 0.141 e. The van der Waals surface area contributed by atoms with E-state index >= 15 is 0 Å². The van der Waals surface area contributed by atoms with E-state index in [1.807, 2.05) is 55.9 Å². The van der Waals surface area contributed by atoms with E-state index in [4.69, 9.17) is 0 Å². The van der Waals surface area contributed by atoms with Gasteiger partial charge in [0, 0.05) is 31.1 Å². The second-order valence-electron chi connectivity index (χ2n) is 4.65. The van der Waals surface area contributed by atoms with Crippen molar-refractivity contribution in [1.29, 1.82) is 0 Å². The minimum absolute atomic E-state index is 0.236. The number of benzene rings is 1. The maximum atomic E-state index is 12.1. The van der Waals surface area contributed by atoms with Gasteiger partial charge in [0.25, 0.3) is 0 Å². The van der Waals surface area contributed by atoms with Crippen LogP contribution in [0, 0.1) is 13.8 Å². The molecule has 0 fully saturated rings. The molecule has 2 aromatic rings. The van der Waals surface area contributed by atoms with Crippen LogP contribution in [0.4, 0.5) is 0 Å². The minimum Gasteiger partial charge on any atom is -0.299 e. The van der Waals surface area contributed by atoms with Crippen molar-refractivity contribution >= 4 is 5.78 Å². The van der Waals surface area contributed by atoms with Gasteiger partial charge in [0.15, 0.2) is 0 Å². The summed E-state index contributed by atoms with van der Waals surface area (Å²) in [6, 6.07) is 9.86. The number of ketones is 1. The average Bonchev–Trinajstić information content (AvgIpc) is 2.57. The third kappa shape index (κ3) is 2.67. The molecule has 0 bridgehead atoms. The molecule has 0 spiro atoms. The van der Waals surface area contributed by atoms with E-state index in [0.29, 0.717) is 12.8 Å². The summed E-state index contributed by atoms with van der Waals surface area (Å²) in [5, 5.41) is 4.34. The second-order valence-corrected chi connectivity index (χ2v) is 4.65. The lowest BCUT2D eigenvalue weighted by atomic mass is 10.0. The van der Waals surface area contributed by atoms with E-state index in [0.717, 1.165) is 22.5 Å². The van der Waals surface area contributed by atoms with Crippen LogP contribution in [0.2, 0.25) is 0 Å². The van der Waals surface area contributed by atoms with E-state index in [9.17, 15) is 4.79 Å². The van der Waals surface area contributed by atoms with E-state index in [1.54, 1.807) is 0 Å². The summed E-state index contributed by atoms with van der Waals surface area (Å²) >= 11 is 0. The van der Waals surface area contributed by atoms with Crippen LogP contribution >= 0.6 is 0 Å². The van der Waals surface area contributed by atoms with Gasteiger partial charge in [-0.15, -0.1) is 0 Å². The SMILES string of the molecule is Cc1nn(C)c(C)c1CC(=O)Cc1ccccc1. The fourth-order valence-corrected chi connectivity index (χ4v) is 2.16. The number of carbonyl (C=O) groups excluding carboxylic acids is 1. The highest BCUT2D eigenvalue weighted by Gasteiger charge is 2.13. The number of nitrogens with zero attached hydrogens (tertiary/aromatic N) is 2. The fraction of sp³-hybridized carbons (Fsp3) is 0.333. The van der Waals surface area contributed by atoms with Crippen molar-refractivity contribution in [3.8, 4) is 0 Å². The predicted octanol–water partition coefficient (Wildman–Crippen LogP) is 2.39. The molecule has 0 unspecified atom stereocenters. The largest absolute Gasteiger partial charge is 0.299 e. The number of carbonyl (C=O) groups is 1. The molecule has 2 rings (SSSR count). The van der Waals surface area contributed by atoms with Crippen molar-refractivity contribution in [2.24, 2.45) is 7.05 Å². The summed E-state index contributed by atoms with van der Waals surface area (Å²) in [5.41, 5.74) is 4.17. The smallest absolute Gasteiger partial charge is 0.141 e. The summed E-state index contributed by atoms with van der Waals surface area (Å²) in [6.45, 7) is 3.96. The molecule has 0 amide bonds. The van der Waals surface area contributed by atoms with E-state index in [1.165, 1.54) is 0 Å². The van der Waals surface area contributed by atoms with Gasteiger partial charge >= 0.3 is 0 Å². The van der Waals surface area contributed by atoms with Crippen LogP contribution in [0.3, 0.4) is 0 Å². The van der Waals surface area contributed by atoms with Crippen LogP contribution in [-0.4, -0.2) is 15.6 Å². The summed E-state index contributed by atoms with van der Waals surface area (Å²) in [6.07, 6.45) is 0.967. The minimum atomic E-state index is 0.236. The van der Waals surface area contributed by atoms with Crippen molar-refractivity contribution in [1.82, 2.24) is 9.78 Å². The number of hydrogen-bond donors (Lipinski definition) is 0. The Morgan fingerprint density at radius 3 is 2.39 bits per heavy atom. The first-order valence-electron chi connectivity index (χ1n) is 6.12. The lowest BCUT2D eigenvalue weighted by Crippen LogP contribution is -2.08. The molecular formula is C15H18N2O. The molecule has 94 valence electrons.